The quantitative estimate of drug-likeness (QED) is 0.459. The fourth-order valence-electron chi connectivity index (χ4n) is 2.23. The number of hydrogen-bond acceptors (Lipinski definition) is 3. The van der Waals surface area contributed by atoms with Gasteiger partial charge in [-0.05, 0) is 32.3 Å². The van der Waals surface area contributed by atoms with Gasteiger partial charge in [0.1, 0.15) is 0 Å². The molecule has 0 radical (unpaired) electrons. The first-order valence-electron chi connectivity index (χ1n) is 5.40. The molecule has 0 N–H and O–H groups in total. The maximum atomic E-state index is 11.8. The molecule has 1 heterocycles. The monoisotopic (exact) mass is 217 g/mol. The van der Waals surface area contributed by atoms with E-state index in [-0.39, 0.29) is 22.8 Å². The van der Waals surface area contributed by atoms with Crippen LogP contribution in [0.25, 0.3) is 0 Å². The lowest BCUT2D eigenvalue weighted by atomic mass is 9.73. The Labute approximate surface area is 94.9 Å². The van der Waals surface area contributed by atoms with Crippen molar-refractivity contribution in [3.8, 4) is 0 Å². The Morgan fingerprint density at radius 1 is 1.25 bits per heavy atom. The average Bonchev–Trinajstić information content (AvgIpc) is 2.22. The van der Waals surface area contributed by atoms with E-state index in [1.54, 1.807) is 0 Å². The van der Waals surface area contributed by atoms with Crippen molar-refractivity contribution in [3.05, 3.63) is 24.3 Å². The lowest BCUT2D eigenvalue weighted by Gasteiger charge is -2.35. The van der Waals surface area contributed by atoms with Crippen LogP contribution in [0.2, 0.25) is 0 Å². The van der Waals surface area contributed by atoms with Crippen LogP contribution in [0.5, 0.6) is 0 Å². The standard InChI is InChI=1S/C13H15NO2/c1-7-8(2)11(15)12(16)9-5-6-13(3,4)14-10(7)9/h9H,1-2,5-6H2,3-4H3. The SMILES string of the molecule is C=C1C(=C)C2=NC(C)(C)CCC2C(=O)C1=O. The normalized spacial score (nSPS) is 28.9. The Kier molecular flexibility index (Phi) is 2.22. The van der Waals surface area contributed by atoms with Crippen molar-refractivity contribution in [2.75, 3.05) is 0 Å². The largest absolute Gasteiger partial charge is 0.290 e. The van der Waals surface area contributed by atoms with Gasteiger partial charge in [-0.1, -0.05) is 13.2 Å². The summed E-state index contributed by atoms with van der Waals surface area (Å²) < 4.78 is 0. The summed E-state index contributed by atoms with van der Waals surface area (Å²) in [5.74, 6) is -1.24. The summed E-state index contributed by atoms with van der Waals surface area (Å²) in [5, 5.41) is 0. The Hall–Kier alpha value is -1.51. The van der Waals surface area contributed by atoms with Gasteiger partial charge in [0.2, 0.25) is 11.6 Å². The molecule has 3 heteroatoms. The van der Waals surface area contributed by atoms with Crippen molar-refractivity contribution in [2.24, 2.45) is 10.9 Å². The number of carbonyl (C=O) groups is 2. The molecule has 0 saturated heterocycles. The highest BCUT2D eigenvalue weighted by molar-refractivity contribution is 6.53. The van der Waals surface area contributed by atoms with E-state index >= 15 is 0 Å². The number of hydrogen-bond donors (Lipinski definition) is 0. The summed E-state index contributed by atoms with van der Waals surface area (Å²) in [4.78, 5) is 27.9. The molecule has 1 atom stereocenters. The van der Waals surface area contributed by atoms with Gasteiger partial charge in [0.05, 0.1) is 17.2 Å². The van der Waals surface area contributed by atoms with Crippen molar-refractivity contribution in [1.82, 2.24) is 0 Å². The number of nitrogens with zero attached hydrogens (tertiary/aromatic N) is 1. The van der Waals surface area contributed by atoms with Gasteiger partial charge in [0.25, 0.3) is 0 Å². The second kappa shape index (κ2) is 3.24. The van der Waals surface area contributed by atoms with E-state index in [0.717, 1.165) is 6.42 Å². The third-order valence-electron chi connectivity index (χ3n) is 3.29. The summed E-state index contributed by atoms with van der Waals surface area (Å²) in [6.07, 6.45) is 1.50. The van der Waals surface area contributed by atoms with Gasteiger partial charge >= 0.3 is 0 Å². The molecule has 0 amide bonds. The van der Waals surface area contributed by atoms with Crippen molar-refractivity contribution >= 4 is 17.3 Å². The number of ketones is 2. The van der Waals surface area contributed by atoms with Crippen molar-refractivity contribution in [1.29, 1.82) is 0 Å². The van der Waals surface area contributed by atoms with Gasteiger partial charge in [0, 0.05) is 5.57 Å². The number of carbonyl (C=O) groups excluding carboxylic acids is 2. The van der Waals surface area contributed by atoms with Crippen molar-refractivity contribution < 1.29 is 9.59 Å². The van der Waals surface area contributed by atoms with Gasteiger partial charge in [-0.15, -0.1) is 0 Å². The van der Waals surface area contributed by atoms with E-state index in [0.29, 0.717) is 17.7 Å². The average molecular weight is 217 g/mol. The minimum Gasteiger partial charge on any atom is -0.290 e. The Balaban J connectivity index is 2.51. The summed E-state index contributed by atoms with van der Waals surface area (Å²) >= 11 is 0. The molecule has 1 aliphatic heterocycles. The minimum atomic E-state index is -0.492. The molecule has 3 nitrogen and oxygen atoms in total. The van der Waals surface area contributed by atoms with E-state index in [2.05, 4.69) is 18.2 Å². The van der Waals surface area contributed by atoms with Crippen LogP contribution in [0.4, 0.5) is 0 Å². The smallest absolute Gasteiger partial charge is 0.229 e. The fourth-order valence-corrected chi connectivity index (χ4v) is 2.23. The highest BCUT2D eigenvalue weighted by Crippen LogP contribution is 2.35. The zero-order chi connectivity index (χ0) is 12.1. The molecule has 2 aliphatic rings. The molecule has 2 rings (SSSR count). The molecule has 0 bridgehead atoms. The molecule has 84 valence electrons. The second-order valence-electron chi connectivity index (χ2n) is 5.05. The van der Waals surface area contributed by atoms with Crippen LogP contribution in [0.1, 0.15) is 26.7 Å². The molecule has 1 aliphatic carbocycles. The van der Waals surface area contributed by atoms with E-state index in [1.165, 1.54) is 0 Å². The number of aliphatic imine (C=N–C) groups is 1. The first-order valence-corrected chi connectivity index (χ1v) is 5.40. The Morgan fingerprint density at radius 3 is 2.50 bits per heavy atom. The predicted molar refractivity (Wildman–Crippen MR) is 62.5 cm³/mol. The first-order chi connectivity index (χ1) is 7.33. The van der Waals surface area contributed by atoms with E-state index in [4.69, 9.17) is 0 Å². The second-order valence-corrected chi connectivity index (χ2v) is 5.05. The summed E-state index contributed by atoms with van der Waals surface area (Å²) in [7, 11) is 0. The summed E-state index contributed by atoms with van der Waals surface area (Å²) in [5.41, 5.74) is 1.25. The van der Waals surface area contributed by atoms with Crippen LogP contribution in [0.3, 0.4) is 0 Å². The molecule has 0 aromatic heterocycles. The minimum absolute atomic E-state index is 0.171. The van der Waals surface area contributed by atoms with Crippen LogP contribution >= 0.6 is 0 Å². The molecule has 1 saturated carbocycles. The van der Waals surface area contributed by atoms with E-state index in [1.807, 2.05) is 13.8 Å². The number of allylic oxidation sites excluding steroid dienone is 2. The van der Waals surface area contributed by atoms with Crippen LogP contribution < -0.4 is 0 Å². The number of Topliss-reactive ketones (excluding diaryl/α,β-unsaturated/α-hetero) is 2. The molecule has 1 unspecified atom stereocenters. The van der Waals surface area contributed by atoms with Crippen molar-refractivity contribution in [2.45, 2.75) is 32.2 Å². The maximum absolute atomic E-state index is 11.8. The molecule has 0 spiro atoms. The lowest BCUT2D eigenvalue weighted by molar-refractivity contribution is -0.136. The van der Waals surface area contributed by atoms with Crippen LogP contribution in [0.15, 0.2) is 29.3 Å². The van der Waals surface area contributed by atoms with Gasteiger partial charge in [-0.3, -0.25) is 14.6 Å². The van der Waals surface area contributed by atoms with Crippen LogP contribution in [-0.4, -0.2) is 22.8 Å². The molecule has 16 heavy (non-hydrogen) atoms. The molecule has 1 fully saturated rings. The molecule has 0 aromatic rings. The highest BCUT2D eigenvalue weighted by Gasteiger charge is 2.42. The summed E-state index contributed by atoms with van der Waals surface area (Å²) in [6.45, 7) is 11.5. The van der Waals surface area contributed by atoms with Gasteiger partial charge in [0.15, 0.2) is 0 Å². The highest BCUT2D eigenvalue weighted by atomic mass is 16.2. The fraction of sp³-hybridized carbons (Fsp3) is 0.462. The van der Waals surface area contributed by atoms with Crippen molar-refractivity contribution in [3.63, 3.8) is 0 Å². The zero-order valence-corrected chi connectivity index (χ0v) is 9.67. The third kappa shape index (κ3) is 1.47. The van der Waals surface area contributed by atoms with Gasteiger partial charge in [-0.2, -0.15) is 0 Å². The predicted octanol–water partition coefficient (Wildman–Crippen LogP) is 1.88. The number of fused-ring (bicyclic) bond motifs is 1. The van der Waals surface area contributed by atoms with Crippen LogP contribution in [-0.2, 0) is 9.59 Å². The summed E-state index contributed by atoms with van der Waals surface area (Å²) in [6, 6.07) is 0. The Morgan fingerprint density at radius 2 is 1.88 bits per heavy atom. The van der Waals surface area contributed by atoms with Gasteiger partial charge < -0.3 is 0 Å². The molecular formula is C13H15NO2. The molecular weight excluding hydrogens is 202 g/mol. The van der Waals surface area contributed by atoms with Gasteiger partial charge in [-0.25, -0.2) is 0 Å². The first kappa shape index (κ1) is 11.0. The molecule has 0 aromatic carbocycles. The van der Waals surface area contributed by atoms with E-state index in [9.17, 15) is 9.59 Å². The van der Waals surface area contributed by atoms with E-state index < -0.39 is 5.78 Å². The topological polar surface area (TPSA) is 46.5 Å². The third-order valence-corrected chi connectivity index (χ3v) is 3.29. The lowest BCUT2D eigenvalue weighted by Crippen LogP contribution is -2.43. The van der Waals surface area contributed by atoms with Crippen LogP contribution in [0, 0.1) is 5.92 Å². The number of rotatable bonds is 0. The maximum Gasteiger partial charge on any atom is 0.229 e. The zero-order valence-electron chi connectivity index (χ0n) is 9.67. The Bertz CT molecular complexity index is 455.